The smallest absolute Gasteiger partial charge is 0.365 e. The highest BCUT2D eigenvalue weighted by molar-refractivity contribution is 6.30. The average Bonchev–Trinajstić information content (AvgIpc) is 3.14. The van der Waals surface area contributed by atoms with Gasteiger partial charge in [0.05, 0.1) is 7.11 Å². The molecular weight excluding hydrogens is 420 g/mol. The molecule has 4 rings (SSSR count). The number of aliphatic imine (C=N–C) groups is 1. The van der Waals surface area contributed by atoms with E-state index in [0.717, 1.165) is 0 Å². The van der Waals surface area contributed by atoms with Gasteiger partial charge in [0, 0.05) is 48.7 Å². The van der Waals surface area contributed by atoms with Crippen LogP contribution >= 0.6 is 11.6 Å². The normalized spacial score (nSPS) is 17.4. The van der Waals surface area contributed by atoms with Crippen molar-refractivity contribution >= 4 is 35.2 Å². The highest BCUT2D eigenvalue weighted by Crippen LogP contribution is 2.21. The molecule has 2 aliphatic heterocycles. The third-order valence-corrected chi connectivity index (χ3v) is 5.15. The van der Waals surface area contributed by atoms with Crippen LogP contribution in [0.4, 0.5) is 10.5 Å². The number of methoxy groups -OCH3 is 1. The van der Waals surface area contributed by atoms with E-state index in [1.807, 2.05) is 4.90 Å². The standard InChI is InChI=1S/C22H21ClN4O4/c1-30-18-7-2-4-15(12-18)20-25-19(21(28)31-20)14-26-8-10-27(11-9-26)22(29)24-17-6-3-5-16(23)13-17/h2-7,12-14H,8-11H2,1H3,(H,24,29). The number of carbonyl (C=O) groups is 2. The first kappa shape index (κ1) is 20.7. The molecule has 0 radical (unpaired) electrons. The summed E-state index contributed by atoms with van der Waals surface area (Å²) in [7, 11) is 1.57. The maximum absolute atomic E-state index is 12.5. The topological polar surface area (TPSA) is 83.5 Å². The van der Waals surface area contributed by atoms with E-state index in [2.05, 4.69) is 10.3 Å². The first-order valence-corrected chi connectivity index (χ1v) is 10.1. The second kappa shape index (κ2) is 9.09. The fraction of sp³-hybridized carbons (Fsp3) is 0.227. The number of hydrogen-bond donors (Lipinski definition) is 1. The van der Waals surface area contributed by atoms with Gasteiger partial charge in [0.1, 0.15) is 5.75 Å². The second-order valence-electron chi connectivity index (χ2n) is 7.02. The van der Waals surface area contributed by atoms with Crippen LogP contribution in [0.5, 0.6) is 5.75 Å². The average molecular weight is 441 g/mol. The van der Waals surface area contributed by atoms with Crippen LogP contribution in [-0.4, -0.2) is 61.0 Å². The zero-order chi connectivity index (χ0) is 21.8. The molecule has 0 unspecified atom stereocenters. The molecule has 0 atom stereocenters. The van der Waals surface area contributed by atoms with Gasteiger partial charge in [-0.3, -0.25) is 0 Å². The molecule has 160 valence electrons. The Kier molecular flexibility index (Phi) is 6.08. The number of benzene rings is 2. The number of urea groups is 1. The van der Waals surface area contributed by atoms with Crippen molar-refractivity contribution in [2.24, 2.45) is 4.99 Å². The van der Waals surface area contributed by atoms with Gasteiger partial charge in [-0.2, -0.15) is 0 Å². The van der Waals surface area contributed by atoms with Crippen molar-refractivity contribution in [3.8, 4) is 5.75 Å². The number of amides is 2. The van der Waals surface area contributed by atoms with Gasteiger partial charge in [-0.15, -0.1) is 0 Å². The van der Waals surface area contributed by atoms with Crippen molar-refractivity contribution in [1.29, 1.82) is 0 Å². The summed E-state index contributed by atoms with van der Waals surface area (Å²) >= 11 is 5.96. The number of hydrogen-bond acceptors (Lipinski definition) is 6. The Hall–Kier alpha value is -3.52. The Labute approximate surface area is 184 Å². The molecule has 1 saturated heterocycles. The Balaban J connectivity index is 1.36. The van der Waals surface area contributed by atoms with Crippen LogP contribution in [0.15, 0.2) is 65.4 Å². The lowest BCUT2D eigenvalue weighted by Gasteiger charge is -2.34. The van der Waals surface area contributed by atoms with Crippen molar-refractivity contribution in [3.05, 3.63) is 71.0 Å². The van der Waals surface area contributed by atoms with Crippen LogP contribution in [0.1, 0.15) is 5.56 Å². The summed E-state index contributed by atoms with van der Waals surface area (Å²) in [6.45, 7) is 2.17. The fourth-order valence-electron chi connectivity index (χ4n) is 3.27. The van der Waals surface area contributed by atoms with Crippen molar-refractivity contribution in [1.82, 2.24) is 9.80 Å². The van der Waals surface area contributed by atoms with Crippen molar-refractivity contribution in [2.75, 3.05) is 38.6 Å². The summed E-state index contributed by atoms with van der Waals surface area (Å²) in [5.74, 6) is 0.398. The molecule has 8 nitrogen and oxygen atoms in total. The number of anilines is 1. The Bertz CT molecular complexity index is 1060. The quantitative estimate of drug-likeness (QED) is 0.582. The summed E-state index contributed by atoms with van der Waals surface area (Å²) in [5.41, 5.74) is 1.54. The molecule has 0 saturated carbocycles. The summed E-state index contributed by atoms with van der Waals surface area (Å²) < 4.78 is 10.5. The molecule has 2 aromatic carbocycles. The van der Waals surface area contributed by atoms with E-state index in [-0.39, 0.29) is 17.6 Å². The van der Waals surface area contributed by atoms with Crippen LogP contribution in [0.3, 0.4) is 0 Å². The summed E-state index contributed by atoms with van der Waals surface area (Å²) in [4.78, 5) is 32.7. The zero-order valence-corrected chi connectivity index (χ0v) is 17.6. The number of nitrogens with zero attached hydrogens (tertiary/aromatic N) is 3. The van der Waals surface area contributed by atoms with Gasteiger partial charge >= 0.3 is 12.0 Å². The first-order chi connectivity index (χ1) is 15.0. The van der Waals surface area contributed by atoms with Gasteiger partial charge < -0.3 is 24.6 Å². The maximum Gasteiger partial charge on any atom is 0.365 e. The van der Waals surface area contributed by atoms with Gasteiger partial charge in [-0.05, 0) is 36.4 Å². The number of carbonyl (C=O) groups excluding carboxylic acids is 2. The number of ether oxygens (including phenoxy) is 2. The predicted molar refractivity (Wildman–Crippen MR) is 117 cm³/mol. The molecule has 0 aliphatic carbocycles. The lowest BCUT2D eigenvalue weighted by Crippen LogP contribution is -2.48. The highest BCUT2D eigenvalue weighted by Gasteiger charge is 2.27. The third-order valence-electron chi connectivity index (χ3n) is 4.92. The number of esters is 1. The largest absolute Gasteiger partial charge is 0.497 e. The monoisotopic (exact) mass is 440 g/mol. The van der Waals surface area contributed by atoms with Crippen LogP contribution in [0.2, 0.25) is 5.02 Å². The van der Waals surface area contributed by atoms with E-state index < -0.39 is 5.97 Å². The Morgan fingerprint density at radius 3 is 2.68 bits per heavy atom. The summed E-state index contributed by atoms with van der Waals surface area (Å²) in [6.07, 6.45) is 1.68. The maximum atomic E-state index is 12.5. The van der Waals surface area contributed by atoms with E-state index in [1.165, 1.54) is 0 Å². The van der Waals surface area contributed by atoms with Gasteiger partial charge in [0.15, 0.2) is 5.70 Å². The van der Waals surface area contributed by atoms with Crippen LogP contribution in [0.25, 0.3) is 0 Å². The third kappa shape index (κ3) is 4.97. The van der Waals surface area contributed by atoms with Gasteiger partial charge in [-0.1, -0.05) is 23.7 Å². The molecule has 2 aromatic rings. The first-order valence-electron chi connectivity index (χ1n) is 9.74. The molecule has 1 N–H and O–H groups in total. The van der Waals surface area contributed by atoms with Crippen LogP contribution in [0, 0.1) is 0 Å². The van der Waals surface area contributed by atoms with Crippen LogP contribution in [-0.2, 0) is 9.53 Å². The minimum Gasteiger partial charge on any atom is -0.497 e. The molecule has 31 heavy (non-hydrogen) atoms. The van der Waals surface area contributed by atoms with Crippen molar-refractivity contribution in [2.45, 2.75) is 0 Å². The summed E-state index contributed by atoms with van der Waals surface area (Å²) in [6, 6.07) is 14.0. The molecular formula is C22H21ClN4O4. The lowest BCUT2D eigenvalue weighted by atomic mass is 10.2. The fourth-order valence-corrected chi connectivity index (χ4v) is 3.47. The molecule has 9 heteroatoms. The number of rotatable bonds is 4. The van der Waals surface area contributed by atoms with E-state index >= 15 is 0 Å². The van der Waals surface area contributed by atoms with E-state index in [0.29, 0.717) is 48.2 Å². The Morgan fingerprint density at radius 1 is 1.16 bits per heavy atom. The number of piperazine rings is 1. The molecule has 2 amide bonds. The zero-order valence-electron chi connectivity index (χ0n) is 16.9. The lowest BCUT2D eigenvalue weighted by molar-refractivity contribution is -0.130. The molecule has 0 bridgehead atoms. The number of nitrogens with one attached hydrogen (secondary N) is 1. The Morgan fingerprint density at radius 2 is 1.94 bits per heavy atom. The highest BCUT2D eigenvalue weighted by atomic mass is 35.5. The van der Waals surface area contributed by atoms with Crippen molar-refractivity contribution in [3.63, 3.8) is 0 Å². The van der Waals surface area contributed by atoms with E-state index in [1.54, 1.807) is 66.7 Å². The van der Waals surface area contributed by atoms with E-state index in [4.69, 9.17) is 21.1 Å². The molecule has 1 fully saturated rings. The van der Waals surface area contributed by atoms with Gasteiger partial charge in [0.25, 0.3) is 0 Å². The molecule has 2 heterocycles. The molecule has 0 spiro atoms. The van der Waals surface area contributed by atoms with Gasteiger partial charge in [0.2, 0.25) is 5.90 Å². The number of cyclic esters (lactones) is 1. The minimum atomic E-state index is -0.501. The molecule has 2 aliphatic rings. The predicted octanol–water partition coefficient (Wildman–Crippen LogP) is 3.34. The SMILES string of the molecule is COc1cccc(C2=NC(=CN3CCN(C(=O)Nc4cccc(Cl)c4)CC3)C(=O)O2)c1. The van der Waals surface area contributed by atoms with Gasteiger partial charge in [-0.25, -0.2) is 14.6 Å². The second-order valence-corrected chi connectivity index (χ2v) is 7.45. The van der Waals surface area contributed by atoms with Crippen molar-refractivity contribution < 1.29 is 19.1 Å². The van der Waals surface area contributed by atoms with E-state index in [9.17, 15) is 9.59 Å². The van der Waals surface area contributed by atoms with Crippen LogP contribution < -0.4 is 10.1 Å². The summed E-state index contributed by atoms with van der Waals surface area (Å²) in [5, 5.41) is 3.40. The minimum absolute atomic E-state index is 0.187. The number of halogens is 1. The molecule has 0 aromatic heterocycles.